The number of ketones is 1. The van der Waals surface area contributed by atoms with E-state index in [0.717, 1.165) is 16.9 Å². The molecule has 0 fully saturated rings. The molecule has 5 nitrogen and oxygen atoms in total. The van der Waals surface area contributed by atoms with E-state index in [1.807, 2.05) is 42.5 Å². The van der Waals surface area contributed by atoms with Crippen molar-refractivity contribution in [2.45, 2.75) is 18.9 Å². The molecule has 0 radical (unpaired) electrons. The summed E-state index contributed by atoms with van der Waals surface area (Å²) in [6.07, 6.45) is 3.57. The first-order valence-electron chi connectivity index (χ1n) is 7.93. The summed E-state index contributed by atoms with van der Waals surface area (Å²) in [6, 6.07) is 13.5. The van der Waals surface area contributed by atoms with E-state index in [9.17, 15) is 9.90 Å². The third kappa shape index (κ3) is 2.49. The van der Waals surface area contributed by atoms with Gasteiger partial charge in [-0.2, -0.15) is 0 Å². The summed E-state index contributed by atoms with van der Waals surface area (Å²) in [5.41, 5.74) is 4.47. The van der Waals surface area contributed by atoms with Gasteiger partial charge in [0.2, 0.25) is 0 Å². The Labute approximate surface area is 139 Å². The maximum Gasteiger partial charge on any atom is 0.167 e. The van der Waals surface area contributed by atoms with Gasteiger partial charge in [0.15, 0.2) is 5.78 Å². The number of para-hydroxylation sites is 1. The first-order valence-corrected chi connectivity index (χ1v) is 7.93. The molecule has 1 atom stereocenters. The molecule has 3 aromatic rings. The first kappa shape index (κ1) is 14.7. The molecule has 1 unspecified atom stereocenters. The number of carbonyl (C=O) groups excluding carboxylic acids is 1. The van der Waals surface area contributed by atoms with Crippen LogP contribution in [0.15, 0.2) is 54.9 Å². The standard InChI is InChI=1S/C19H17N3O2/c23-14-6-7-15(24)18-16(14)19(21-13-4-2-1-3-5-13)17(22-18)12-8-10-20-11-9-12/h1-5,8-11,15,21-22,24H,6-7H2. The monoisotopic (exact) mass is 319 g/mol. The summed E-state index contributed by atoms with van der Waals surface area (Å²) < 4.78 is 0. The largest absolute Gasteiger partial charge is 0.387 e. The Hall–Kier alpha value is -2.92. The molecule has 24 heavy (non-hydrogen) atoms. The lowest BCUT2D eigenvalue weighted by Crippen LogP contribution is -2.15. The van der Waals surface area contributed by atoms with Gasteiger partial charge in [-0.15, -0.1) is 0 Å². The number of benzene rings is 1. The van der Waals surface area contributed by atoms with E-state index < -0.39 is 6.10 Å². The molecule has 0 spiro atoms. The average molecular weight is 319 g/mol. The molecule has 0 amide bonds. The molecule has 2 heterocycles. The summed E-state index contributed by atoms with van der Waals surface area (Å²) in [7, 11) is 0. The maximum atomic E-state index is 12.5. The minimum Gasteiger partial charge on any atom is -0.387 e. The van der Waals surface area contributed by atoms with Crippen LogP contribution >= 0.6 is 0 Å². The Kier molecular flexibility index (Phi) is 3.63. The fraction of sp³-hybridized carbons (Fsp3) is 0.158. The lowest BCUT2D eigenvalue weighted by molar-refractivity contribution is 0.0894. The van der Waals surface area contributed by atoms with Crippen LogP contribution in [0.3, 0.4) is 0 Å². The molecule has 0 aliphatic heterocycles. The summed E-state index contributed by atoms with van der Waals surface area (Å²) in [6.45, 7) is 0. The van der Waals surface area contributed by atoms with Crippen LogP contribution in [0.4, 0.5) is 11.4 Å². The number of hydrogen-bond donors (Lipinski definition) is 3. The zero-order valence-electron chi connectivity index (χ0n) is 13.0. The van der Waals surface area contributed by atoms with E-state index in [0.29, 0.717) is 29.8 Å². The molecule has 1 aliphatic rings. The molecule has 0 saturated heterocycles. The normalized spacial score (nSPS) is 16.7. The van der Waals surface area contributed by atoms with Crippen LogP contribution in [-0.4, -0.2) is 20.9 Å². The van der Waals surface area contributed by atoms with Crippen molar-refractivity contribution in [2.24, 2.45) is 0 Å². The van der Waals surface area contributed by atoms with Crippen molar-refractivity contribution in [1.82, 2.24) is 9.97 Å². The number of nitrogens with one attached hydrogen (secondary N) is 2. The first-order chi connectivity index (χ1) is 11.7. The number of nitrogens with zero attached hydrogens (tertiary/aromatic N) is 1. The molecule has 120 valence electrons. The van der Waals surface area contributed by atoms with Crippen molar-refractivity contribution >= 4 is 17.2 Å². The van der Waals surface area contributed by atoms with Gasteiger partial charge >= 0.3 is 0 Å². The van der Waals surface area contributed by atoms with Crippen molar-refractivity contribution < 1.29 is 9.90 Å². The Morgan fingerprint density at radius 3 is 2.62 bits per heavy atom. The predicted octanol–water partition coefficient (Wildman–Crippen LogP) is 3.83. The van der Waals surface area contributed by atoms with Gasteiger partial charge < -0.3 is 15.4 Å². The molecule has 2 aromatic heterocycles. The summed E-state index contributed by atoms with van der Waals surface area (Å²) in [5, 5.41) is 13.7. The number of aromatic nitrogens is 2. The van der Waals surface area contributed by atoms with Crippen LogP contribution in [0.2, 0.25) is 0 Å². The molecular formula is C19H17N3O2. The minimum absolute atomic E-state index is 0.0466. The molecular weight excluding hydrogens is 302 g/mol. The lowest BCUT2D eigenvalue weighted by Gasteiger charge is -2.17. The van der Waals surface area contributed by atoms with E-state index in [-0.39, 0.29) is 5.78 Å². The summed E-state index contributed by atoms with van der Waals surface area (Å²) >= 11 is 0. The third-order valence-corrected chi connectivity index (χ3v) is 4.30. The number of rotatable bonds is 3. The SMILES string of the molecule is O=C1CCC(O)c2[nH]c(-c3ccncc3)c(Nc3ccccc3)c21. The quantitative estimate of drug-likeness (QED) is 0.685. The van der Waals surface area contributed by atoms with Gasteiger partial charge in [-0.3, -0.25) is 9.78 Å². The van der Waals surface area contributed by atoms with E-state index >= 15 is 0 Å². The van der Waals surface area contributed by atoms with Gasteiger partial charge in [-0.25, -0.2) is 0 Å². The van der Waals surface area contributed by atoms with E-state index in [1.54, 1.807) is 12.4 Å². The second-order valence-corrected chi connectivity index (χ2v) is 5.87. The van der Waals surface area contributed by atoms with Crippen LogP contribution in [-0.2, 0) is 0 Å². The van der Waals surface area contributed by atoms with E-state index in [4.69, 9.17) is 0 Å². The van der Waals surface area contributed by atoms with Crippen LogP contribution in [0, 0.1) is 0 Å². The summed E-state index contributed by atoms with van der Waals surface area (Å²) in [4.78, 5) is 19.8. The van der Waals surface area contributed by atoms with E-state index in [1.165, 1.54) is 0 Å². The number of aromatic amines is 1. The molecule has 0 bridgehead atoms. The van der Waals surface area contributed by atoms with Crippen molar-refractivity contribution in [1.29, 1.82) is 0 Å². The number of carbonyl (C=O) groups is 1. The number of aliphatic hydroxyl groups is 1. The van der Waals surface area contributed by atoms with Crippen molar-refractivity contribution in [3.63, 3.8) is 0 Å². The topological polar surface area (TPSA) is 78.0 Å². The highest BCUT2D eigenvalue weighted by molar-refractivity contribution is 6.07. The van der Waals surface area contributed by atoms with Gasteiger partial charge in [0.1, 0.15) is 0 Å². The second kappa shape index (κ2) is 5.94. The number of hydrogen-bond acceptors (Lipinski definition) is 4. The Morgan fingerprint density at radius 1 is 1.12 bits per heavy atom. The van der Waals surface area contributed by atoms with Crippen molar-refractivity contribution in [3.05, 3.63) is 66.1 Å². The smallest absolute Gasteiger partial charge is 0.167 e. The van der Waals surface area contributed by atoms with Gasteiger partial charge in [-0.1, -0.05) is 18.2 Å². The molecule has 3 N–H and O–H groups in total. The van der Waals surface area contributed by atoms with Gasteiger partial charge in [0, 0.05) is 30.1 Å². The average Bonchev–Trinajstić information content (AvgIpc) is 3.00. The fourth-order valence-electron chi connectivity index (χ4n) is 3.12. The van der Waals surface area contributed by atoms with Gasteiger partial charge in [0.25, 0.3) is 0 Å². The highest BCUT2D eigenvalue weighted by Gasteiger charge is 2.31. The number of Topliss-reactive ketones (excluding diaryl/α,β-unsaturated/α-hetero) is 1. The highest BCUT2D eigenvalue weighted by atomic mass is 16.3. The van der Waals surface area contributed by atoms with Gasteiger partial charge in [-0.05, 0) is 30.7 Å². The van der Waals surface area contributed by atoms with Gasteiger partial charge in [0.05, 0.1) is 28.7 Å². The molecule has 1 aromatic carbocycles. The molecule has 0 saturated carbocycles. The molecule has 5 heteroatoms. The van der Waals surface area contributed by atoms with Crippen molar-refractivity contribution in [2.75, 3.05) is 5.32 Å². The van der Waals surface area contributed by atoms with Crippen LogP contribution in [0.25, 0.3) is 11.3 Å². The Morgan fingerprint density at radius 2 is 1.88 bits per heavy atom. The molecule has 1 aliphatic carbocycles. The zero-order valence-corrected chi connectivity index (χ0v) is 13.0. The number of H-pyrrole nitrogens is 1. The highest BCUT2D eigenvalue weighted by Crippen LogP contribution is 2.41. The zero-order chi connectivity index (χ0) is 16.5. The third-order valence-electron chi connectivity index (χ3n) is 4.30. The molecule has 4 rings (SSSR count). The van der Waals surface area contributed by atoms with E-state index in [2.05, 4.69) is 15.3 Å². The second-order valence-electron chi connectivity index (χ2n) is 5.87. The fourth-order valence-corrected chi connectivity index (χ4v) is 3.12. The predicted molar refractivity (Wildman–Crippen MR) is 92.3 cm³/mol. The van der Waals surface area contributed by atoms with Crippen LogP contribution in [0.1, 0.15) is 35.0 Å². The Bertz CT molecular complexity index is 872. The number of fused-ring (bicyclic) bond motifs is 1. The van der Waals surface area contributed by atoms with Crippen LogP contribution < -0.4 is 5.32 Å². The number of aliphatic hydroxyl groups excluding tert-OH is 1. The van der Waals surface area contributed by atoms with Crippen LogP contribution in [0.5, 0.6) is 0 Å². The number of anilines is 2. The maximum absolute atomic E-state index is 12.5. The van der Waals surface area contributed by atoms with Crippen molar-refractivity contribution in [3.8, 4) is 11.3 Å². The lowest BCUT2D eigenvalue weighted by atomic mass is 9.93. The number of pyridine rings is 1. The minimum atomic E-state index is -0.649. The summed E-state index contributed by atoms with van der Waals surface area (Å²) in [5.74, 6) is 0.0466. The Balaban J connectivity index is 1.90.